The largest absolute Gasteiger partial charge is 0.449 e. The van der Waals surface area contributed by atoms with E-state index >= 15 is 0 Å². The Hall–Kier alpha value is -0.770. The Kier molecular flexibility index (Phi) is 3.79. The lowest BCUT2D eigenvalue weighted by Gasteiger charge is -2.05. The average Bonchev–Trinajstić information content (AvgIpc) is 1.83. The van der Waals surface area contributed by atoms with Crippen molar-refractivity contribution in [2.75, 3.05) is 13.2 Å². The van der Waals surface area contributed by atoms with Crippen molar-refractivity contribution in [3.63, 3.8) is 0 Å². The Morgan fingerprint density at radius 1 is 1.78 bits per heavy atom. The first-order valence-corrected chi connectivity index (χ1v) is 2.79. The molecule has 0 saturated carbocycles. The van der Waals surface area contributed by atoms with Crippen molar-refractivity contribution in [1.82, 2.24) is 0 Å². The second-order valence-electron chi connectivity index (χ2n) is 1.97. The van der Waals surface area contributed by atoms with Gasteiger partial charge in [0.1, 0.15) is 0 Å². The molecule has 0 aromatic rings. The molecule has 1 amide bonds. The molecular formula is C5H12N2O2. The smallest absolute Gasteiger partial charge is 0.404 e. The van der Waals surface area contributed by atoms with E-state index in [-0.39, 0.29) is 5.92 Å². The molecule has 0 heterocycles. The Morgan fingerprint density at radius 3 is 2.67 bits per heavy atom. The van der Waals surface area contributed by atoms with Crippen molar-refractivity contribution in [3.8, 4) is 0 Å². The maximum Gasteiger partial charge on any atom is 0.404 e. The van der Waals surface area contributed by atoms with Crippen LogP contribution in [0.25, 0.3) is 0 Å². The summed E-state index contributed by atoms with van der Waals surface area (Å²) < 4.78 is 4.45. The van der Waals surface area contributed by atoms with E-state index in [0.717, 1.165) is 0 Å². The zero-order valence-electron chi connectivity index (χ0n) is 5.46. The lowest BCUT2D eigenvalue weighted by atomic mass is 10.2. The Morgan fingerprint density at radius 2 is 2.33 bits per heavy atom. The maximum atomic E-state index is 9.98. The molecule has 0 aliphatic heterocycles. The number of amides is 1. The minimum absolute atomic E-state index is 0.192. The molecule has 1 atom stereocenters. The van der Waals surface area contributed by atoms with Gasteiger partial charge in [0.25, 0.3) is 0 Å². The van der Waals surface area contributed by atoms with Crippen molar-refractivity contribution < 1.29 is 9.53 Å². The minimum Gasteiger partial charge on any atom is -0.449 e. The molecule has 0 fully saturated rings. The fourth-order valence-electron chi connectivity index (χ4n) is 0.292. The number of primary amides is 1. The monoisotopic (exact) mass is 132 g/mol. The maximum absolute atomic E-state index is 9.98. The Bertz CT molecular complexity index is 95.0. The molecule has 0 aliphatic rings. The van der Waals surface area contributed by atoms with Crippen LogP contribution in [0.4, 0.5) is 4.79 Å². The highest BCUT2D eigenvalue weighted by Gasteiger charge is 2.00. The third kappa shape index (κ3) is 5.10. The van der Waals surface area contributed by atoms with E-state index in [1.165, 1.54) is 0 Å². The summed E-state index contributed by atoms with van der Waals surface area (Å²) in [5, 5.41) is 0. The summed E-state index contributed by atoms with van der Waals surface area (Å²) >= 11 is 0. The van der Waals surface area contributed by atoms with Gasteiger partial charge in [0, 0.05) is 5.92 Å². The number of nitrogens with two attached hydrogens (primary N) is 2. The first-order valence-electron chi connectivity index (χ1n) is 2.79. The molecule has 0 radical (unpaired) electrons. The van der Waals surface area contributed by atoms with Gasteiger partial charge >= 0.3 is 6.09 Å². The van der Waals surface area contributed by atoms with Gasteiger partial charge in [0.05, 0.1) is 6.61 Å². The predicted molar refractivity (Wildman–Crippen MR) is 33.8 cm³/mol. The van der Waals surface area contributed by atoms with Crippen LogP contribution in [-0.2, 0) is 4.74 Å². The number of rotatable bonds is 3. The van der Waals surface area contributed by atoms with Gasteiger partial charge in [-0.3, -0.25) is 0 Å². The highest BCUT2D eigenvalue weighted by Crippen LogP contribution is 1.90. The fourth-order valence-corrected chi connectivity index (χ4v) is 0.292. The van der Waals surface area contributed by atoms with Crippen LogP contribution in [0.5, 0.6) is 0 Å². The van der Waals surface area contributed by atoms with Gasteiger partial charge < -0.3 is 16.2 Å². The van der Waals surface area contributed by atoms with Crippen molar-refractivity contribution >= 4 is 6.09 Å². The van der Waals surface area contributed by atoms with Gasteiger partial charge in [-0.05, 0) is 6.54 Å². The van der Waals surface area contributed by atoms with E-state index in [9.17, 15) is 4.79 Å². The first-order chi connectivity index (χ1) is 4.16. The fraction of sp³-hybridized carbons (Fsp3) is 0.800. The van der Waals surface area contributed by atoms with Gasteiger partial charge in [-0.1, -0.05) is 6.92 Å². The molecule has 54 valence electrons. The van der Waals surface area contributed by atoms with Gasteiger partial charge in [-0.2, -0.15) is 0 Å². The van der Waals surface area contributed by atoms with Crippen molar-refractivity contribution in [2.45, 2.75) is 6.92 Å². The van der Waals surface area contributed by atoms with Gasteiger partial charge in [0.15, 0.2) is 0 Å². The van der Waals surface area contributed by atoms with Crippen LogP contribution in [0.1, 0.15) is 6.92 Å². The highest BCUT2D eigenvalue weighted by molar-refractivity contribution is 5.64. The molecule has 4 heteroatoms. The number of ether oxygens (including phenoxy) is 1. The van der Waals surface area contributed by atoms with Crippen LogP contribution in [0.2, 0.25) is 0 Å². The van der Waals surface area contributed by atoms with Crippen LogP contribution in [0, 0.1) is 5.92 Å². The molecule has 1 unspecified atom stereocenters. The summed E-state index contributed by atoms with van der Waals surface area (Å²) in [5.41, 5.74) is 9.92. The van der Waals surface area contributed by atoms with Crippen molar-refractivity contribution in [3.05, 3.63) is 0 Å². The minimum atomic E-state index is -0.740. The molecule has 0 saturated heterocycles. The Labute approximate surface area is 54.2 Å². The zero-order valence-corrected chi connectivity index (χ0v) is 5.46. The van der Waals surface area contributed by atoms with Crippen LogP contribution >= 0.6 is 0 Å². The molecule has 0 bridgehead atoms. The Balaban J connectivity index is 3.16. The molecule has 0 aromatic carbocycles. The summed E-state index contributed by atoms with van der Waals surface area (Å²) in [6.45, 7) is 2.70. The third-order valence-corrected chi connectivity index (χ3v) is 0.912. The molecule has 4 N–H and O–H groups in total. The number of hydrogen-bond donors (Lipinski definition) is 2. The van der Waals surface area contributed by atoms with Crippen molar-refractivity contribution in [2.24, 2.45) is 17.4 Å². The second kappa shape index (κ2) is 4.14. The van der Waals surface area contributed by atoms with E-state index in [4.69, 9.17) is 11.5 Å². The van der Waals surface area contributed by atoms with Crippen LogP contribution < -0.4 is 11.5 Å². The quantitative estimate of drug-likeness (QED) is 0.552. The number of carbonyl (C=O) groups is 1. The van der Waals surface area contributed by atoms with E-state index in [0.29, 0.717) is 13.2 Å². The summed E-state index contributed by atoms with van der Waals surface area (Å²) in [5.74, 6) is 0.192. The molecular weight excluding hydrogens is 120 g/mol. The lowest BCUT2D eigenvalue weighted by molar-refractivity contribution is 0.141. The van der Waals surface area contributed by atoms with Gasteiger partial charge in [0.2, 0.25) is 0 Å². The number of carbonyl (C=O) groups excluding carboxylic acids is 1. The normalized spacial score (nSPS) is 12.7. The zero-order chi connectivity index (χ0) is 7.28. The molecule has 0 spiro atoms. The standard InChI is InChI=1S/C5H12N2O2/c1-4(2-6)3-9-5(7)8/h4H,2-3,6H2,1H3,(H2,7,8). The van der Waals surface area contributed by atoms with Gasteiger partial charge in [-0.15, -0.1) is 0 Å². The molecule has 9 heavy (non-hydrogen) atoms. The summed E-state index contributed by atoms with van der Waals surface area (Å²) in [4.78, 5) is 9.98. The SMILES string of the molecule is CC(CN)COC(N)=O. The molecule has 0 aromatic heterocycles. The summed E-state index contributed by atoms with van der Waals surface area (Å²) in [6, 6.07) is 0. The van der Waals surface area contributed by atoms with E-state index in [2.05, 4.69) is 4.74 Å². The van der Waals surface area contributed by atoms with Crippen LogP contribution in [0.15, 0.2) is 0 Å². The van der Waals surface area contributed by atoms with E-state index in [1.807, 2.05) is 6.92 Å². The van der Waals surface area contributed by atoms with E-state index < -0.39 is 6.09 Å². The van der Waals surface area contributed by atoms with Crippen LogP contribution in [-0.4, -0.2) is 19.2 Å². The van der Waals surface area contributed by atoms with Crippen LogP contribution in [0.3, 0.4) is 0 Å². The highest BCUT2D eigenvalue weighted by atomic mass is 16.5. The lowest BCUT2D eigenvalue weighted by Crippen LogP contribution is -2.21. The third-order valence-electron chi connectivity index (χ3n) is 0.912. The molecule has 4 nitrogen and oxygen atoms in total. The second-order valence-corrected chi connectivity index (χ2v) is 1.97. The molecule has 0 aliphatic carbocycles. The predicted octanol–water partition coefficient (Wildman–Crippen LogP) is -0.323. The summed E-state index contributed by atoms with van der Waals surface area (Å²) in [7, 11) is 0. The first kappa shape index (κ1) is 8.23. The number of hydrogen-bond acceptors (Lipinski definition) is 3. The van der Waals surface area contributed by atoms with Crippen molar-refractivity contribution in [1.29, 1.82) is 0 Å². The average molecular weight is 132 g/mol. The topological polar surface area (TPSA) is 78.3 Å². The summed E-state index contributed by atoms with van der Waals surface area (Å²) in [6.07, 6.45) is -0.740. The molecule has 0 rings (SSSR count). The van der Waals surface area contributed by atoms with E-state index in [1.54, 1.807) is 0 Å². The van der Waals surface area contributed by atoms with Gasteiger partial charge in [-0.25, -0.2) is 4.79 Å².